The van der Waals surface area contributed by atoms with E-state index in [0.717, 1.165) is 35.1 Å². The number of carbonyl (C=O) groups is 3. The fourth-order valence-corrected chi connectivity index (χ4v) is 6.11. The van der Waals surface area contributed by atoms with Crippen LogP contribution in [0.5, 0.6) is 5.75 Å². The van der Waals surface area contributed by atoms with Crippen LogP contribution >= 0.6 is 23.2 Å². The molecule has 0 radical (unpaired) electrons. The summed E-state index contributed by atoms with van der Waals surface area (Å²) in [4.78, 5) is 41.9. The molecule has 10 nitrogen and oxygen atoms in total. The molecule has 1 aromatic heterocycles. The van der Waals surface area contributed by atoms with E-state index in [4.69, 9.17) is 42.8 Å². The van der Waals surface area contributed by atoms with Gasteiger partial charge in [-0.25, -0.2) is 14.6 Å². The summed E-state index contributed by atoms with van der Waals surface area (Å²) in [6.45, 7) is 8.47. The van der Waals surface area contributed by atoms with E-state index in [0.29, 0.717) is 46.0 Å². The lowest BCUT2D eigenvalue weighted by molar-refractivity contribution is -0.117. The van der Waals surface area contributed by atoms with Crippen molar-refractivity contribution < 1.29 is 29.0 Å². The Morgan fingerprint density at radius 1 is 0.927 bits per heavy atom. The zero-order valence-corrected chi connectivity index (χ0v) is 32.7. The Balaban J connectivity index is 1.36. The van der Waals surface area contributed by atoms with Crippen LogP contribution in [0.1, 0.15) is 79.5 Å². The zero-order valence-electron chi connectivity index (χ0n) is 31.1. The molecule has 0 bridgehead atoms. The standard InChI is InChI=1S/C43H44Cl2N4O6/c1-5-6-23-49-26-38(35-21-16-32(44)25-36(35)45)48-40(49)37(24-29-11-19-34(20-12-29)54-27-30-7-14-31(15-8-30)41(51)52)47-39(50)22-13-28-9-17-33(18-10-28)46-42(53)55-43(2,3)4/h7-22,25-26,37H,5-6,23-24,27H2,1-4H3,(H,46,53)(H,47,50)(H,51,52)/b22-13+/t37-/m0/s1. The number of ether oxygens (including phenoxy) is 2. The monoisotopic (exact) mass is 782 g/mol. The number of carbonyl (C=O) groups excluding carboxylic acids is 2. The topological polar surface area (TPSA) is 132 Å². The van der Waals surface area contributed by atoms with E-state index in [1.165, 1.54) is 6.08 Å². The van der Waals surface area contributed by atoms with Crippen molar-refractivity contribution in [3.05, 3.63) is 141 Å². The molecular weight excluding hydrogens is 739 g/mol. The summed E-state index contributed by atoms with van der Waals surface area (Å²) in [5.74, 6) is 0.0307. The molecule has 5 rings (SSSR count). The molecule has 55 heavy (non-hydrogen) atoms. The number of nitrogens with one attached hydrogen (secondary N) is 2. The molecule has 0 unspecified atom stereocenters. The first kappa shape index (κ1) is 40.6. The third kappa shape index (κ3) is 12.2. The summed E-state index contributed by atoms with van der Waals surface area (Å²) < 4.78 is 13.4. The van der Waals surface area contributed by atoms with E-state index in [2.05, 4.69) is 22.1 Å². The van der Waals surface area contributed by atoms with Crippen LogP contribution in [0.4, 0.5) is 10.5 Å². The van der Waals surface area contributed by atoms with Gasteiger partial charge in [-0.2, -0.15) is 0 Å². The van der Waals surface area contributed by atoms with Crippen LogP contribution < -0.4 is 15.4 Å². The molecule has 1 atom stereocenters. The van der Waals surface area contributed by atoms with E-state index in [1.807, 2.05) is 36.5 Å². The lowest BCUT2D eigenvalue weighted by Crippen LogP contribution is -2.30. The summed E-state index contributed by atoms with van der Waals surface area (Å²) in [6.07, 6.45) is 6.88. The summed E-state index contributed by atoms with van der Waals surface area (Å²) in [5, 5.41) is 16.0. The summed E-state index contributed by atoms with van der Waals surface area (Å²) >= 11 is 12.8. The number of unbranched alkanes of at least 4 members (excludes halogenated alkanes) is 1. The summed E-state index contributed by atoms with van der Waals surface area (Å²) in [5.41, 5.74) is 4.11. The number of nitrogens with zero attached hydrogens (tertiary/aromatic N) is 2. The Bertz CT molecular complexity index is 2120. The molecule has 0 aliphatic rings. The number of hydrogen-bond acceptors (Lipinski definition) is 6. The molecule has 286 valence electrons. The number of carboxylic acids is 1. The van der Waals surface area contributed by atoms with Gasteiger partial charge in [0, 0.05) is 35.1 Å². The molecule has 12 heteroatoms. The van der Waals surface area contributed by atoms with Gasteiger partial charge in [-0.05, 0) is 111 Å². The van der Waals surface area contributed by atoms with Crippen LogP contribution in [-0.4, -0.2) is 38.2 Å². The van der Waals surface area contributed by atoms with Crippen LogP contribution in [0.3, 0.4) is 0 Å². The average Bonchev–Trinajstić information content (AvgIpc) is 3.56. The normalized spacial score (nSPS) is 12.0. The maximum Gasteiger partial charge on any atom is 0.412 e. The van der Waals surface area contributed by atoms with Gasteiger partial charge in [0.05, 0.1) is 22.3 Å². The number of benzene rings is 4. The predicted octanol–water partition coefficient (Wildman–Crippen LogP) is 10.4. The van der Waals surface area contributed by atoms with E-state index >= 15 is 0 Å². The molecular formula is C43H44Cl2N4O6. The highest BCUT2D eigenvalue weighted by Gasteiger charge is 2.23. The van der Waals surface area contributed by atoms with Crippen LogP contribution in [-0.2, 0) is 29.1 Å². The van der Waals surface area contributed by atoms with Gasteiger partial charge < -0.3 is 24.5 Å². The number of halogens is 2. The maximum atomic E-state index is 13.6. The molecule has 0 aliphatic heterocycles. The second-order valence-electron chi connectivity index (χ2n) is 13.9. The average molecular weight is 784 g/mol. The van der Waals surface area contributed by atoms with Crippen LogP contribution in [0.15, 0.2) is 103 Å². The molecule has 5 aromatic rings. The van der Waals surface area contributed by atoms with Crippen molar-refractivity contribution in [1.82, 2.24) is 14.9 Å². The van der Waals surface area contributed by atoms with Gasteiger partial charge in [0.15, 0.2) is 0 Å². The Kier molecular flexibility index (Phi) is 13.8. The number of anilines is 1. The quantitative estimate of drug-likeness (QED) is 0.0901. The SMILES string of the molecule is CCCCn1cc(-c2ccc(Cl)cc2Cl)nc1[C@H](Cc1ccc(OCc2ccc(C(=O)O)cc2)cc1)NC(=O)/C=C/c1ccc(NC(=O)OC(C)(C)C)cc1. The predicted molar refractivity (Wildman–Crippen MR) is 217 cm³/mol. The molecule has 4 aromatic carbocycles. The van der Waals surface area contributed by atoms with Crippen molar-refractivity contribution >= 4 is 52.9 Å². The third-order valence-electron chi connectivity index (χ3n) is 8.35. The van der Waals surface area contributed by atoms with E-state index in [9.17, 15) is 14.4 Å². The number of hydrogen-bond donors (Lipinski definition) is 3. The van der Waals surface area contributed by atoms with Gasteiger partial charge >= 0.3 is 12.1 Å². The highest BCUT2D eigenvalue weighted by Crippen LogP contribution is 2.32. The molecule has 0 saturated heterocycles. The van der Waals surface area contributed by atoms with Crippen LogP contribution in [0.2, 0.25) is 10.0 Å². The molecule has 1 heterocycles. The van der Waals surface area contributed by atoms with Gasteiger partial charge in [-0.1, -0.05) is 72.9 Å². The Hall–Kier alpha value is -5.58. The van der Waals surface area contributed by atoms with Crippen molar-refractivity contribution in [2.75, 3.05) is 5.32 Å². The molecule has 0 aliphatic carbocycles. The Morgan fingerprint density at radius 2 is 1.62 bits per heavy atom. The van der Waals surface area contributed by atoms with E-state index in [-0.39, 0.29) is 18.1 Å². The minimum Gasteiger partial charge on any atom is -0.489 e. The number of carboxylic acid groups (broad SMARTS) is 1. The molecule has 0 fully saturated rings. The second kappa shape index (κ2) is 18.6. The maximum absolute atomic E-state index is 13.6. The lowest BCUT2D eigenvalue weighted by Gasteiger charge is -2.20. The van der Waals surface area contributed by atoms with E-state index < -0.39 is 23.7 Å². The van der Waals surface area contributed by atoms with Crippen molar-refractivity contribution in [2.45, 2.75) is 71.8 Å². The first-order valence-electron chi connectivity index (χ1n) is 17.9. The number of imidazole rings is 1. The minimum atomic E-state index is -0.979. The fourth-order valence-electron chi connectivity index (χ4n) is 5.61. The molecule has 0 spiro atoms. The highest BCUT2D eigenvalue weighted by molar-refractivity contribution is 6.36. The van der Waals surface area contributed by atoms with Crippen molar-refractivity contribution in [3.63, 3.8) is 0 Å². The first-order valence-corrected chi connectivity index (χ1v) is 18.7. The van der Waals surface area contributed by atoms with Gasteiger partial charge in [-0.15, -0.1) is 0 Å². The van der Waals surface area contributed by atoms with Crippen LogP contribution in [0.25, 0.3) is 17.3 Å². The number of amides is 2. The third-order valence-corrected chi connectivity index (χ3v) is 8.90. The van der Waals surface area contributed by atoms with Crippen molar-refractivity contribution in [2.24, 2.45) is 0 Å². The summed E-state index contributed by atoms with van der Waals surface area (Å²) in [6, 6.07) is 26.0. The van der Waals surface area contributed by atoms with Crippen molar-refractivity contribution in [1.29, 1.82) is 0 Å². The number of rotatable bonds is 15. The van der Waals surface area contributed by atoms with E-state index in [1.54, 1.807) is 87.5 Å². The minimum absolute atomic E-state index is 0.215. The Labute approximate surface area is 331 Å². The second-order valence-corrected chi connectivity index (χ2v) is 14.8. The first-order chi connectivity index (χ1) is 26.3. The molecule has 3 N–H and O–H groups in total. The van der Waals surface area contributed by atoms with Crippen LogP contribution in [0, 0.1) is 0 Å². The molecule has 0 saturated carbocycles. The van der Waals surface area contributed by atoms with Gasteiger partial charge in [-0.3, -0.25) is 10.1 Å². The highest BCUT2D eigenvalue weighted by atomic mass is 35.5. The van der Waals surface area contributed by atoms with Crippen molar-refractivity contribution in [3.8, 4) is 17.0 Å². The van der Waals surface area contributed by atoms with Gasteiger partial charge in [0.2, 0.25) is 5.91 Å². The zero-order chi connectivity index (χ0) is 39.5. The number of aromatic nitrogens is 2. The fraction of sp³-hybridized carbons (Fsp3) is 0.256. The largest absolute Gasteiger partial charge is 0.489 e. The molecule has 2 amide bonds. The summed E-state index contributed by atoms with van der Waals surface area (Å²) in [7, 11) is 0. The van der Waals surface area contributed by atoms with Gasteiger partial charge in [0.1, 0.15) is 23.8 Å². The smallest absolute Gasteiger partial charge is 0.412 e. The Morgan fingerprint density at radius 3 is 2.25 bits per heavy atom. The lowest BCUT2D eigenvalue weighted by atomic mass is 10.0. The van der Waals surface area contributed by atoms with Gasteiger partial charge in [0.25, 0.3) is 0 Å². The number of aromatic carboxylic acids is 1. The number of aryl methyl sites for hydroxylation is 1.